The Morgan fingerprint density at radius 3 is 2.45 bits per heavy atom. The number of nitrogens with zero attached hydrogens (tertiary/aromatic N) is 1. The van der Waals surface area contributed by atoms with E-state index in [1.54, 1.807) is 4.90 Å². The summed E-state index contributed by atoms with van der Waals surface area (Å²) in [5, 5.41) is 9.43. The molecular formula is C16H27NO3. The molecule has 4 atom stereocenters. The Morgan fingerprint density at radius 2 is 1.85 bits per heavy atom. The van der Waals surface area contributed by atoms with E-state index in [4.69, 9.17) is 0 Å². The van der Waals surface area contributed by atoms with Gasteiger partial charge in [0.25, 0.3) is 0 Å². The first-order valence-electron chi connectivity index (χ1n) is 7.95. The number of aliphatic carboxylic acids is 1. The summed E-state index contributed by atoms with van der Waals surface area (Å²) in [4.78, 5) is 25.8. The van der Waals surface area contributed by atoms with Gasteiger partial charge in [0.2, 0.25) is 5.91 Å². The fourth-order valence-corrected chi connectivity index (χ4v) is 3.66. The fraction of sp³-hybridized carbons (Fsp3) is 0.875. The number of amides is 1. The average molecular weight is 281 g/mol. The van der Waals surface area contributed by atoms with Crippen molar-refractivity contribution in [2.45, 2.75) is 71.4 Å². The highest BCUT2D eigenvalue weighted by atomic mass is 16.4. The molecule has 1 amide bonds. The molecule has 114 valence electrons. The van der Waals surface area contributed by atoms with Gasteiger partial charge in [0, 0.05) is 12.5 Å². The first-order chi connectivity index (χ1) is 9.41. The number of hydrogen-bond acceptors (Lipinski definition) is 2. The van der Waals surface area contributed by atoms with Crippen LogP contribution in [0.15, 0.2) is 0 Å². The standard InChI is InChI=1S/C16H27NO3/c1-10(2)11(3)8-15(18)17-13-7-5-4-6-12(13)9-14(17)16(19)20/h10-14H,4-9H2,1-3H3,(H,19,20). The molecule has 0 aromatic rings. The predicted octanol–water partition coefficient (Wildman–Crippen LogP) is 2.91. The number of carboxylic acids is 1. The molecular weight excluding hydrogens is 254 g/mol. The largest absolute Gasteiger partial charge is 0.480 e. The molecule has 0 spiro atoms. The molecule has 1 heterocycles. The average Bonchev–Trinajstić information content (AvgIpc) is 2.77. The van der Waals surface area contributed by atoms with Gasteiger partial charge < -0.3 is 10.0 Å². The van der Waals surface area contributed by atoms with Crippen LogP contribution in [0.25, 0.3) is 0 Å². The number of likely N-dealkylation sites (tertiary alicyclic amines) is 1. The van der Waals surface area contributed by atoms with Crippen LogP contribution in [0.2, 0.25) is 0 Å². The van der Waals surface area contributed by atoms with Crippen LogP contribution in [0.3, 0.4) is 0 Å². The Hall–Kier alpha value is -1.06. The second-order valence-corrected chi connectivity index (χ2v) is 6.93. The fourth-order valence-electron chi connectivity index (χ4n) is 3.66. The molecule has 0 bridgehead atoms. The summed E-state index contributed by atoms with van der Waals surface area (Å²) in [6, 6.07) is -0.410. The summed E-state index contributed by atoms with van der Waals surface area (Å²) in [5.74, 6) is 0.382. The van der Waals surface area contributed by atoms with Crippen molar-refractivity contribution in [1.82, 2.24) is 4.90 Å². The number of rotatable bonds is 4. The lowest BCUT2D eigenvalue weighted by atomic mass is 9.84. The molecule has 1 saturated carbocycles. The number of fused-ring (bicyclic) bond motifs is 1. The first-order valence-corrected chi connectivity index (χ1v) is 7.95. The van der Waals surface area contributed by atoms with Crippen molar-refractivity contribution in [3.05, 3.63) is 0 Å². The molecule has 4 unspecified atom stereocenters. The molecule has 2 fully saturated rings. The topological polar surface area (TPSA) is 57.6 Å². The molecule has 1 N–H and O–H groups in total. The van der Waals surface area contributed by atoms with E-state index in [-0.39, 0.29) is 11.9 Å². The second kappa shape index (κ2) is 6.15. The third-order valence-electron chi connectivity index (χ3n) is 5.30. The molecule has 1 saturated heterocycles. The van der Waals surface area contributed by atoms with Crippen LogP contribution in [0.1, 0.15) is 59.3 Å². The Balaban J connectivity index is 2.12. The van der Waals surface area contributed by atoms with Gasteiger partial charge in [-0.2, -0.15) is 0 Å². The molecule has 1 aliphatic carbocycles. The molecule has 2 aliphatic rings. The van der Waals surface area contributed by atoms with Gasteiger partial charge in [-0.15, -0.1) is 0 Å². The van der Waals surface area contributed by atoms with E-state index in [1.165, 1.54) is 6.42 Å². The van der Waals surface area contributed by atoms with E-state index in [9.17, 15) is 14.7 Å². The third kappa shape index (κ3) is 2.99. The van der Waals surface area contributed by atoms with Crippen molar-refractivity contribution < 1.29 is 14.7 Å². The van der Waals surface area contributed by atoms with Gasteiger partial charge in [0.05, 0.1) is 0 Å². The van der Waals surface area contributed by atoms with Gasteiger partial charge in [-0.25, -0.2) is 4.79 Å². The van der Waals surface area contributed by atoms with Crippen LogP contribution in [0.4, 0.5) is 0 Å². The smallest absolute Gasteiger partial charge is 0.326 e. The van der Waals surface area contributed by atoms with Crippen LogP contribution < -0.4 is 0 Å². The molecule has 20 heavy (non-hydrogen) atoms. The molecule has 0 radical (unpaired) electrons. The third-order valence-corrected chi connectivity index (χ3v) is 5.30. The highest BCUT2D eigenvalue weighted by molar-refractivity contribution is 5.85. The Kier molecular flexibility index (Phi) is 4.71. The molecule has 0 aromatic heterocycles. The Morgan fingerprint density at radius 1 is 1.20 bits per heavy atom. The van der Waals surface area contributed by atoms with Gasteiger partial charge >= 0.3 is 5.97 Å². The quantitative estimate of drug-likeness (QED) is 0.862. The van der Waals surface area contributed by atoms with Gasteiger partial charge in [-0.3, -0.25) is 4.79 Å². The van der Waals surface area contributed by atoms with Crippen LogP contribution in [-0.4, -0.2) is 34.0 Å². The lowest BCUT2D eigenvalue weighted by molar-refractivity contribution is -0.150. The lowest BCUT2D eigenvalue weighted by Gasteiger charge is -2.34. The monoisotopic (exact) mass is 281 g/mol. The van der Waals surface area contributed by atoms with E-state index >= 15 is 0 Å². The molecule has 4 heteroatoms. The van der Waals surface area contributed by atoms with Gasteiger partial charge in [0.15, 0.2) is 0 Å². The minimum absolute atomic E-state index is 0.0491. The summed E-state index contributed by atoms with van der Waals surface area (Å²) < 4.78 is 0. The van der Waals surface area contributed by atoms with Crippen molar-refractivity contribution in [2.75, 3.05) is 0 Å². The van der Waals surface area contributed by atoms with Crippen molar-refractivity contribution in [2.24, 2.45) is 17.8 Å². The maximum absolute atomic E-state index is 12.6. The maximum Gasteiger partial charge on any atom is 0.326 e. The van der Waals surface area contributed by atoms with E-state index in [0.29, 0.717) is 30.6 Å². The summed E-state index contributed by atoms with van der Waals surface area (Å²) in [6.45, 7) is 6.30. The van der Waals surface area contributed by atoms with E-state index in [1.807, 2.05) is 0 Å². The van der Waals surface area contributed by atoms with Gasteiger partial charge in [0.1, 0.15) is 6.04 Å². The SMILES string of the molecule is CC(C)C(C)CC(=O)N1C(C(=O)O)CC2CCCCC21. The summed E-state index contributed by atoms with van der Waals surface area (Å²) in [6.07, 6.45) is 5.50. The zero-order valence-corrected chi connectivity index (χ0v) is 12.8. The predicted molar refractivity (Wildman–Crippen MR) is 77.3 cm³/mol. The number of carbonyl (C=O) groups is 2. The van der Waals surface area contributed by atoms with Crippen molar-refractivity contribution in [3.8, 4) is 0 Å². The van der Waals surface area contributed by atoms with Crippen molar-refractivity contribution in [1.29, 1.82) is 0 Å². The molecule has 2 rings (SSSR count). The Bertz CT molecular complexity index is 380. The van der Waals surface area contributed by atoms with Crippen LogP contribution in [-0.2, 0) is 9.59 Å². The van der Waals surface area contributed by atoms with Crippen molar-refractivity contribution >= 4 is 11.9 Å². The minimum Gasteiger partial charge on any atom is -0.480 e. The van der Waals surface area contributed by atoms with Crippen LogP contribution in [0.5, 0.6) is 0 Å². The second-order valence-electron chi connectivity index (χ2n) is 6.93. The van der Waals surface area contributed by atoms with Crippen LogP contribution >= 0.6 is 0 Å². The molecule has 1 aliphatic heterocycles. The van der Waals surface area contributed by atoms with Gasteiger partial charge in [-0.1, -0.05) is 33.6 Å². The maximum atomic E-state index is 12.6. The van der Waals surface area contributed by atoms with Gasteiger partial charge in [-0.05, 0) is 37.0 Å². The zero-order chi connectivity index (χ0) is 14.9. The summed E-state index contributed by atoms with van der Waals surface area (Å²) in [5.41, 5.74) is 0. The normalized spacial score (nSPS) is 31.2. The summed E-state index contributed by atoms with van der Waals surface area (Å²) in [7, 11) is 0. The van der Waals surface area contributed by atoms with E-state index < -0.39 is 12.0 Å². The zero-order valence-electron chi connectivity index (χ0n) is 12.8. The summed E-state index contributed by atoms with van der Waals surface area (Å²) >= 11 is 0. The minimum atomic E-state index is -0.829. The molecule has 0 aromatic carbocycles. The van der Waals surface area contributed by atoms with E-state index in [2.05, 4.69) is 20.8 Å². The molecule has 4 nitrogen and oxygen atoms in total. The van der Waals surface area contributed by atoms with Crippen LogP contribution in [0, 0.1) is 17.8 Å². The van der Waals surface area contributed by atoms with Crippen molar-refractivity contribution in [3.63, 3.8) is 0 Å². The Labute approximate surface area is 121 Å². The number of hydrogen-bond donors (Lipinski definition) is 1. The highest BCUT2D eigenvalue weighted by Gasteiger charge is 2.47. The first kappa shape index (κ1) is 15.3. The van der Waals surface area contributed by atoms with E-state index in [0.717, 1.165) is 19.3 Å². The highest BCUT2D eigenvalue weighted by Crippen LogP contribution is 2.40. The number of carboxylic acid groups (broad SMARTS) is 1. The lowest BCUT2D eigenvalue weighted by Crippen LogP contribution is -2.46. The number of carbonyl (C=O) groups excluding carboxylic acids is 1.